The fourth-order valence-electron chi connectivity index (χ4n) is 0.859. The summed E-state index contributed by atoms with van der Waals surface area (Å²) in [5.41, 5.74) is 0. The highest BCUT2D eigenvalue weighted by Crippen LogP contribution is 2.11. The Hall–Kier alpha value is -1.02. The molecule has 0 aliphatic carbocycles. The number of para-hydroxylation sites is 1. The van der Waals surface area contributed by atoms with Crippen LogP contribution in [0, 0.1) is 5.92 Å². The first-order valence-electron chi connectivity index (χ1n) is 4.36. The number of aliphatic hydroxyl groups is 1. The van der Waals surface area contributed by atoms with Crippen LogP contribution in [0.4, 0.5) is 0 Å². The van der Waals surface area contributed by atoms with Gasteiger partial charge in [-0.3, -0.25) is 0 Å². The zero-order valence-corrected chi connectivity index (χ0v) is 8.03. The molecule has 0 bridgehead atoms. The summed E-state index contributed by atoms with van der Waals surface area (Å²) >= 11 is 0. The Morgan fingerprint density at radius 2 is 1.92 bits per heavy atom. The average molecular weight is 179 g/mol. The Balaban J connectivity index is 2.35. The lowest BCUT2D eigenvalue weighted by atomic mass is 10.1. The molecule has 1 unspecified atom stereocenters. The van der Waals surface area contributed by atoms with Crippen molar-refractivity contribution in [2.75, 3.05) is 6.61 Å². The van der Waals surface area contributed by atoms with Crippen LogP contribution >= 0.6 is 0 Å². The minimum atomic E-state index is -0.472. The fourth-order valence-corrected chi connectivity index (χ4v) is 0.859. The zero-order chi connectivity index (χ0) is 9.68. The normalized spacial score (nSPS) is 12.9. The minimum absolute atomic E-state index is 0.326. The molecule has 71 valence electrons. The molecule has 1 atom stereocenters. The molecule has 0 fully saturated rings. The minimum Gasteiger partial charge on any atom is -0.491 e. The predicted molar refractivity (Wildman–Crippen MR) is 52.5 cm³/mol. The fraction of sp³-hybridized carbons (Fsp3) is 0.364. The summed E-state index contributed by atoms with van der Waals surface area (Å²) in [6.07, 6.45) is -0.472. The Morgan fingerprint density at radius 3 is 2.46 bits per heavy atom. The van der Waals surface area contributed by atoms with E-state index in [-0.39, 0.29) is 0 Å². The van der Waals surface area contributed by atoms with E-state index in [2.05, 4.69) is 0 Å². The van der Waals surface area contributed by atoms with Crippen LogP contribution in [-0.2, 0) is 0 Å². The molecule has 1 rings (SSSR count). The molecule has 0 aliphatic rings. The van der Waals surface area contributed by atoms with Crippen LogP contribution in [0.1, 0.15) is 13.8 Å². The van der Waals surface area contributed by atoms with Gasteiger partial charge >= 0.3 is 0 Å². The SMILES string of the molecule is C[C](C)C(O)COc1ccccc1. The number of rotatable bonds is 4. The Morgan fingerprint density at radius 1 is 1.31 bits per heavy atom. The standard InChI is InChI=1S/C11H15O2/c1-9(2)11(12)8-13-10-6-4-3-5-7-10/h3-7,11-12H,8H2,1-2H3. The van der Waals surface area contributed by atoms with Gasteiger partial charge in [0.2, 0.25) is 0 Å². The summed E-state index contributed by atoms with van der Waals surface area (Å²) in [5.74, 6) is 1.76. The first kappa shape index (κ1) is 10.1. The predicted octanol–water partition coefficient (Wildman–Crippen LogP) is 2.04. The van der Waals surface area contributed by atoms with Crippen molar-refractivity contribution in [2.24, 2.45) is 0 Å². The lowest BCUT2D eigenvalue weighted by Gasteiger charge is -2.14. The lowest BCUT2D eigenvalue weighted by molar-refractivity contribution is 0.119. The smallest absolute Gasteiger partial charge is 0.119 e. The van der Waals surface area contributed by atoms with Crippen molar-refractivity contribution < 1.29 is 9.84 Å². The van der Waals surface area contributed by atoms with Gasteiger partial charge in [0.15, 0.2) is 0 Å². The molecule has 13 heavy (non-hydrogen) atoms. The molecule has 2 heteroatoms. The van der Waals surface area contributed by atoms with Crippen LogP contribution in [0.2, 0.25) is 0 Å². The van der Waals surface area contributed by atoms with Gasteiger partial charge in [0, 0.05) is 5.92 Å². The van der Waals surface area contributed by atoms with Crippen LogP contribution < -0.4 is 4.74 Å². The summed E-state index contributed by atoms with van der Waals surface area (Å²) in [6, 6.07) is 9.49. The van der Waals surface area contributed by atoms with Crippen molar-refractivity contribution in [2.45, 2.75) is 20.0 Å². The van der Waals surface area contributed by atoms with E-state index in [9.17, 15) is 5.11 Å². The molecule has 1 radical (unpaired) electrons. The highest BCUT2D eigenvalue weighted by atomic mass is 16.5. The highest BCUT2D eigenvalue weighted by molar-refractivity contribution is 5.21. The van der Waals surface area contributed by atoms with Gasteiger partial charge in [0.05, 0.1) is 6.10 Å². The van der Waals surface area contributed by atoms with E-state index in [1.165, 1.54) is 0 Å². The van der Waals surface area contributed by atoms with Crippen LogP contribution in [0.3, 0.4) is 0 Å². The number of benzene rings is 1. The second-order valence-electron chi connectivity index (χ2n) is 3.22. The van der Waals surface area contributed by atoms with E-state index >= 15 is 0 Å². The number of aliphatic hydroxyl groups excluding tert-OH is 1. The third-order valence-electron chi connectivity index (χ3n) is 1.82. The second-order valence-corrected chi connectivity index (χ2v) is 3.22. The van der Waals surface area contributed by atoms with Crippen LogP contribution in [0.25, 0.3) is 0 Å². The Bertz CT molecular complexity index is 231. The van der Waals surface area contributed by atoms with E-state index in [0.717, 1.165) is 11.7 Å². The molecule has 0 aromatic heterocycles. The van der Waals surface area contributed by atoms with Crippen molar-refractivity contribution in [3.63, 3.8) is 0 Å². The van der Waals surface area contributed by atoms with Gasteiger partial charge in [-0.1, -0.05) is 32.0 Å². The molecule has 0 saturated carbocycles. The van der Waals surface area contributed by atoms with Crippen LogP contribution in [0.15, 0.2) is 30.3 Å². The maximum absolute atomic E-state index is 9.43. The monoisotopic (exact) mass is 179 g/mol. The Labute approximate surface area is 79.2 Å². The summed E-state index contributed by atoms with van der Waals surface area (Å²) in [6.45, 7) is 4.10. The molecular weight excluding hydrogens is 164 g/mol. The van der Waals surface area contributed by atoms with Gasteiger partial charge in [-0.2, -0.15) is 0 Å². The van der Waals surface area contributed by atoms with Gasteiger partial charge in [0.25, 0.3) is 0 Å². The largest absolute Gasteiger partial charge is 0.491 e. The van der Waals surface area contributed by atoms with E-state index < -0.39 is 6.10 Å². The maximum Gasteiger partial charge on any atom is 0.119 e. The van der Waals surface area contributed by atoms with Gasteiger partial charge in [-0.25, -0.2) is 0 Å². The molecule has 1 N–H and O–H groups in total. The second kappa shape index (κ2) is 4.87. The van der Waals surface area contributed by atoms with Crippen molar-refractivity contribution in [1.82, 2.24) is 0 Å². The summed E-state index contributed by atoms with van der Waals surface area (Å²) in [7, 11) is 0. The van der Waals surface area contributed by atoms with Gasteiger partial charge in [-0.15, -0.1) is 0 Å². The van der Waals surface area contributed by atoms with Crippen molar-refractivity contribution in [3.05, 3.63) is 36.2 Å². The topological polar surface area (TPSA) is 29.5 Å². The van der Waals surface area contributed by atoms with Crippen molar-refractivity contribution in [1.29, 1.82) is 0 Å². The molecule has 0 saturated heterocycles. The van der Waals surface area contributed by atoms with E-state index in [4.69, 9.17) is 4.74 Å². The van der Waals surface area contributed by atoms with E-state index in [1.54, 1.807) is 0 Å². The molecule has 0 heterocycles. The summed E-state index contributed by atoms with van der Waals surface area (Å²) in [5, 5.41) is 9.43. The van der Waals surface area contributed by atoms with E-state index in [0.29, 0.717) is 6.61 Å². The highest BCUT2D eigenvalue weighted by Gasteiger charge is 2.09. The van der Waals surface area contributed by atoms with Crippen LogP contribution in [-0.4, -0.2) is 17.8 Å². The maximum atomic E-state index is 9.43. The zero-order valence-electron chi connectivity index (χ0n) is 8.03. The van der Waals surface area contributed by atoms with Gasteiger partial charge in [0.1, 0.15) is 12.4 Å². The number of ether oxygens (including phenoxy) is 1. The number of hydrogen-bond donors (Lipinski definition) is 1. The molecule has 1 aromatic rings. The summed E-state index contributed by atoms with van der Waals surface area (Å²) < 4.78 is 5.36. The molecule has 0 spiro atoms. The molecular formula is C11H15O2. The average Bonchev–Trinajstić information content (AvgIpc) is 2.15. The molecule has 1 aromatic carbocycles. The van der Waals surface area contributed by atoms with Crippen LogP contribution in [0.5, 0.6) is 5.75 Å². The quantitative estimate of drug-likeness (QED) is 0.766. The number of hydrogen-bond acceptors (Lipinski definition) is 2. The van der Waals surface area contributed by atoms with Gasteiger partial charge < -0.3 is 9.84 Å². The lowest BCUT2D eigenvalue weighted by Crippen LogP contribution is -2.21. The molecule has 2 nitrogen and oxygen atoms in total. The third-order valence-corrected chi connectivity index (χ3v) is 1.82. The van der Waals surface area contributed by atoms with Crippen molar-refractivity contribution in [3.8, 4) is 5.75 Å². The molecule has 0 aliphatic heterocycles. The van der Waals surface area contributed by atoms with Gasteiger partial charge in [-0.05, 0) is 12.1 Å². The van der Waals surface area contributed by atoms with Crippen molar-refractivity contribution >= 4 is 0 Å². The molecule has 0 amide bonds. The summed E-state index contributed by atoms with van der Waals surface area (Å²) in [4.78, 5) is 0. The van der Waals surface area contributed by atoms with E-state index in [1.807, 2.05) is 44.2 Å². The Kier molecular flexibility index (Phi) is 3.77. The first-order valence-corrected chi connectivity index (χ1v) is 4.36. The first-order chi connectivity index (χ1) is 6.20. The third kappa shape index (κ3) is 3.47.